The van der Waals surface area contributed by atoms with Crippen molar-refractivity contribution >= 4 is 27.9 Å². The van der Waals surface area contributed by atoms with Crippen LogP contribution in [-0.2, 0) is 10.0 Å². The summed E-state index contributed by atoms with van der Waals surface area (Å²) in [7, 11) is -3.75. The maximum atomic E-state index is 13.8. The molecule has 7 heteroatoms. The predicted molar refractivity (Wildman–Crippen MR) is 68.5 cm³/mol. The fraction of sp³-hybridized carbons (Fsp3) is 0. The number of pyridine rings is 1. The lowest BCUT2D eigenvalue weighted by Gasteiger charge is -2.23. The summed E-state index contributed by atoms with van der Waals surface area (Å²) >= 11 is 0. The summed E-state index contributed by atoms with van der Waals surface area (Å²) in [5.41, 5.74) is 0.195. The minimum Gasteiger partial charge on any atom is -0.280 e. The van der Waals surface area contributed by atoms with Gasteiger partial charge in [0.15, 0.2) is 5.82 Å². The summed E-state index contributed by atoms with van der Waals surface area (Å²) in [4.78, 5) is 5.27. The number of halogens is 1. The highest BCUT2D eigenvalue weighted by Crippen LogP contribution is 2.33. The Morgan fingerprint density at radius 1 is 1.11 bits per heavy atom. The third kappa shape index (κ3) is 1.88. The van der Waals surface area contributed by atoms with E-state index in [1.165, 1.54) is 35.4 Å². The molecule has 2 heterocycles. The van der Waals surface area contributed by atoms with E-state index >= 15 is 0 Å². The molecule has 0 spiro atoms. The Morgan fingerprint density at radius 2 is 1.89 bits per heavy atom. The summed E-state index contributed by atoms with van der Waals surface area (Å²) in [5.74, 6) is -0.340. The van der Waals surface area contributed by atoms with E-state index in [0.29, 0.717) is 0 Å². The minimum atomic E-state index is -3.75. The Bertz CT molecular complexity index is 774. The number of rotatable bonds is 1. The second-order valence-corrected chi connectivity index (χ2v) is 5.44. The van der Waals surface area contributed by atoms with Crippen molar-refractivity contribution in [2.24, 2.45) is 4.40 Å². The van der Waals surface area contributed by atoms with E-state index in [9.17, 15) is 12.8 Å². The van der Waals surface area contributed by atoms with E-state index < -0.39 is 15.8 Å². The highest BCUT2D eigenvalue weighted by atomic mass is 32.2. The number of aromatic nitrogens is 1. The number of hydrogen-bond acceptors (Lipinski definition) is 4. The molecular weight excluding hydrogens is 269 g/mol. The van der Waals surface area contributed by atoms with Crippen LogP contribution in [0.25, 0.3) is 0 Å². The Hall–Kier alpha value is -2.28. The predicted octanol–water partition coefficient (Wildman–Crippen LogP) is 2.09. The Morgan fingerprint density at radius 3 is 2.68 bits per heavy atom. The second-order valence-electron chi connectivity index (χ2n) is 3.84. The number of para-hydroxylation sites is 1. The Balaban J connectivity index is 2.24. The normalized spacial score (nSPS) is 16.2. The number of sulfonamides is 1. The van der Waals surface area contributed by atoms with Gasteiger partial charge in [-0.1, -0.05) is 12.1 Å². The second kappa shape index (κ2) is 4.13. The molecule has 0 bridgehead atoms. The van der Waals surface area contributed by atoms with Crippen LogP contribution in [0.4, 0.5) is 15.9 Å². The first-order valence-electron chi connectivity index (χ1n) is 5.39. The van der Waals surface area contributed by atoms with Gasteiger partial charge in [-0.15, -0.1) is 4.40 Å². The maximum absolute atomic E-state index is 13.8. The van der Waals surface area contributed by atoms with Crippen LogP contribution < -0.4 is 4.90 Å². The van der Waals surface area contributed by atoms with Crippen molar-refractivity contribution in [3.63, 3.8) is 0 Å². The molecule has 0 N–H and O–H groups in total. The number of hydrogen-bond donors (Lipinski definition) is 0. The lowest BCUT2D eigenvalue weighted by molar-refractivity contribution is 0.596. The summed E-state index contributed by atoms with van der Waals surface area (Å²) in [6, 6.07) is 8.90. The monoisotopic (exact) mass is 277 g/mol. The fourth-order valence-electron chi connectivity index (χ4n) is 1.81. The molecule has 1 aromatic carbocycles. The molecule has 1 aliphatic heterocycles. The lowest BCUT2D eigenvalue weighted by atomic mass is 10.2. The van der Waals surface area contributed by atoms with Gasteiger partial charge in [-0.25, -0.2) is 9.37 Å². The zero-order valence-corrected chi connectivity index (χ0v) is 10.4. The maximum Gasteiger partial charge on any atom is 0.287 e. The van der Waals surface area contributed by atoms with Gasteiger partial charge >= 0.3 is 0 Å². The van der Waals surface area contributed by atoms with E-state index in [4.69, 9.17) is 0 Å². The van der Waals surface area contributed by atoms with Crippen molar-refractivity contribution in [3.8, 4) is 0 Å². The van der Waals surface area contributed by atoms with Gasteiger partial charge in [0.1, 0.15) is 17.1 Å². The fourth-order valence-corrected chi connectivity index (χ4v) is 2.77. The van der Waals surface area contributed by atoms with Crippen LogP contribution in [0.1, 0.15) is 0 Å². The van der Waals surface area contributed by atoms with Crippen molar-refractivity contribution in [2.75, 3.05) is 4.90 Å². The van der Waals surface area contributed by atoms with Crippen LogP contribution in [0.3, 0.4) is 0 Å². The molecule has 0 unspecified atom stereocenters. The first-order chi connectivity index (χ1) is 9.09. The Kier molecular flexibility index (Phi) is 2.56. The lowest BCUT2D eigenvalue weighted by Crippen LogP contribution is -2.24. The number of anilines is 2. The minimum absolute atomic E-state index is 0.0410. The van der Waals surface area contributed by atoms with Crippen molar-refractivity contribution in [2.45, 2.75) is 4.90 Å². The van der Waals surface area contributed by atoms with E-state index in [2.05, 4.69) is 9.38 Å². The van der Waals surface area contributed by atoms with Crippen LogP contribution in [0.2, 0.25) is 0 Å². The molecule has 5 nitrogen and oxygen atoms in total. The molecule has 0 saturated carbocycles. The van der Waals surface area contributed by atoms with Crippen LogP contribution in [0.5, 0.6) is 0 Å². The van der Waals surface area contributed by atoms with Gasteiger partial charge in [0.2, 0.25) is 0 Å². The molecule has 0 saturated heterocycles. The smallest absolute Gasteiger partial charge is 0.280 e. The van der Waals surface area contributed by atoms with Crippen LogP contribution in [-0.4, -0.2) is 19.7 Å². The number of benzene rings is 1. The number of fused-ring (bicyclic) bond motifs is 1. The van der Waals surface area contributed by atoms with Gasteiger partial charge in [-0.3, -0.25) is 4.90 Å². The molecule has 96 valence electrons. The summed E-state index contributed by atoms with van der Waals surface area (Å²) in [6.07, 6.45) is 2.50. The number of nitrogens with zero attached hydrogens (tertiary/aromatic N) is 3. The molecule has 19 heavy (non-hydrogen) atoms. The van der Waals surface area contributed by atoms with Crippen LogP contribution in [0.15, 0.2) is 51.9 Å². The summed E-state index contributed by atoms with van der Waals surface area (Å²) in [5, 5.41) is 0. The molecule has 0 radical (unpaired) electrons. The van der Waals surface area contributed by atoms with Gasteiger partial charge in [-0.05, 0) is 24.3 Å². The molecule has 1 aromatic heterocycles. The van der Waals surface area contributed by atoms with Gasteiger partial charge in [0.05, 0.1) is 5.69 Å². The third-order valence-electron chi connectivity index (χ3n) is 2.67. The Labute approximate surface area is 109 Å². The van der Waals surface area contributed by atoms with Crippen molar-refractivity contribution in [3.05, 3.63) is 48.4 Å². The van der Waals surface area contributed by atoms with Gasteiger partial charge in [0.25, 0.3) is 10.0 Å². The topological polar surface area (TPSA) is 62.6 Å². The van der Waals surface area contributed by atoms with Gasteiger partial charge < -0.3 is 0 Å². The highest BCUT2D eigenvalue weighted by Gasteiger charge is 2.28. The van der Waals surface area contributed by atoms with Crippen LogP contribution >= 0.6 is 0 Å². The molecule has 2 aromatic rings. The first-order valence-corrected chi connectivity index (χ1v) is 6.83. The van der Waals surface area contributed by atoms with E-state index in [1.54, 1.807) is 12.1 Å². The van der Waals surface area contributed by atoms with E-state index in [0.717, 1.165) is 6.34 Å². The molecule has 0 fully saturated rings. The van der Waals surface area contributed by atoms with Crippen LogP contribution in [0, 0.1) is 5.82 Å². The zero-order chi connectivity index (χ0) is 13.5. The summed E-state index contributed by atoms with van der Waals surface area (Å²) in [6.45, 7) is 0. The molecule has 1 aliphatic rings. The van der Waals surface area contributed by atoms with Gasteiger partial charge in [-0.2, -0.15) is 8.42 Å². The quantitative estimate of drug-likeness (QED) is 0.800. The van der Waals surface area contributed by atoms with Crippen molar-refractivity contribution in [1.29, 1.82) is 0 Å². The standard InChI is InChI=1S/C12H8FN3O2S/c13-9-4-1-2-5-10(9)16-8-15-19(17,18)11-6-3-7-14-12(11)16/h1-8H. The average molecular weight is 277 g/mol. The zero-order valence-electron chi connectivity index (χ0n) is 9.56. The molecule has 3 rings (SSSR count). The molecular formula is C12H8FN3O2S. The highest BCUT2D eigenvalue weighted by molar-refractivity contribution is 7.90. The summed E-state index contributed by atoms with van der Waals surface area (Å²) < 4.78 is 40.8. The van der Waals surface area contributed by atoms with E-state index in [-0.39, 0.29) is 16.4 Å². The molecule has 0 aliphatic carbocycles. The molecule has 0 amide bonds. The van der Waals surface area contributed by atoms with Gasteiger partial charge in [0, 0.05) is 6.20 Å². The van der Waals surface area contributed by atoms with Crippen molar-refractivity contribution < 1.29 is 12.8 Å². The average Bonchev–Trinajstić information content (AvgIpc) is 2.41. The third-order valence-corrected chi connectivity index (χ3v) is 3.92. The van der Waals surface area contributed by atoms with Crippen molar-refractivity contribution in [1.82, 2.24) is 4.98 Å². The first kappa shape index (κ1) is 11.8. The SMILES string of the molecule is O=S1(=O)N=CN(c2ccccc2F)c2ncccc21. The molecule has 0 atom stereocenters. The van der Waals surface area contributed by atoms with E-state index in [1.807, 2.05) is 0 Å². The largest absolute Gasteiger partial charge is 0.287 e.